The van der Waals surface area contributed by atoms with E-state index in [1.807, 2.05) is 24.3 Å². The van der Waals surface area contributed by atoms with Gasteiger partial charge in [-0.1, -0.05) is 54.7 Å². The van der Waals surface area contributed by atoms with E-state index < -0.39 is 5.97 Å². The van der Waals surface area contributed by atoms with Gasteiger partial charge < -0.3 is 14.6 Å². The highest BCUT2D eigenvalue weighted by Crippen LogP contribution is 2.42. The molecule has 25 heavy (non-hydrogen) atoms. The van der Waals surface area contributed by atoms with Crippen molar-refractivity contribution >= 4 is 34.9 Å². The number of hydrogen-bond donors (Lipinski definition) is 1. The van der Waals surface area contributed by atoms with Gasteiger partial charge >= 0.3 is 5.97 Å². The molecule has 6 heteroatoms. The van der Waals surface area contributed by atoms with Gasteiger partial charge in [-0.15, -0.1) is 0 Å². The first-order valence-electron chi connectivity index (χ1n) is 7.28. The van der Waals surface area contributed by atoms with E-state index in [2.05, 4.69) is 13.2 Å². The van der Waals surface area contributed by atoms with E-state index in [9.17, 15) is 4.79 Å². The number of rotatable bonds is 8. The first kappa shape index (κ1) is 19.0. The fraction of sp³-hybridized carbons (Fsp3) is 0.105. The number of carboxylic acids is 1. The molecular formula is C19H17ClO4S. The van der Waals surface area contributed by atoms with Crippen LogP contribution in [0.1, 0.15) is 5.56 Å². The minimum Gasteiger partial charge on any atom is -0.496 e. The molecular weight excluding hydrogens is 360 g/mol. The topological polar surface area (TPSA) is 55.8 Å². The molecule has 4 nitrogen and oxygen atoms in total. The number of aliphatic carboxylic acids is 1. The molecule has 0 amide bonds. The number of ether oxygens (including phenoxy) is 2. The van der Waals surface area contributed by atoms with Crippen molar-refractivity contribution in [2.45, 2.75) is 9.79 Å². The molecule has 2 aromatic carbocycles. The highest BCUT2D eigenvalue weighted by atomic mass is 35.5. The first-order chi connectivity index (χ1) is 12.0. The molecule has 0 saturated carbocycles. The molecule has 0 saturated heterocycles. The zero-order valence-corrected chi connectivity index (χ0v) is 15.2. The lowest BCUT2D eigenvalue weighted by Gasteiger charge is -2.15. The Kier molecular flexibility index (Phi) is 6.56. The van der Waals surface area contributed by atoms with Crippen LogP contribution in [0.5, 0.6) is 11.5 Å². The van der Waals surface area contributed by atoms with Crippen LogP contribution in [-0.4, -0.2) is 24.8 Å². The number of benzene rings is 2. The second-order valence-corrected chi connectivity index (χ2v) is 6.41. The summed E-state index contributed by atoms with van der Waals surface area (Å²) in [5.41, 5.74) is 0.222. The normalized spacial score (nSPS) is 10.2. The maximum Gasteiger partial charge on any atom is 0.335 e. The van der Waals surface area contributed by atoms with Crippen molar-refractivity contribution < 1.29 is 19.4 Å². The Morgan fingerprint density at radius 3 is 2.64 bits per heavy atom. The molecule has 0 aliphatic rings. The van der Waals surface area contributed by atoms with E-state index >= 15 is 0 Å². The smallest absolute Gasteiger partial charge is 0.335 e. The summed E-state index contributed by atoms with van der Waals surface area (Å²) in [5, 5.41) is 9.45. The average Bonchev–Trinajstić information content (AvgIpc) is 2.60. The lowest BCUT2D eigenvalue weighted by Crippen LogP contribution is -2.01. The molecule has 0 aromatic heterocycles. The van der Waals surface area contributed by atoms with Gasteiger partial charge in [0.15, 0.2) is 0 Å². The number of methoxy groups -OCH3 is 1. The maximum atomic E-state index is 11.2. The highest BCUT2D eigenvalue weighted by Gasteiger charge is 2.17. The second kappa shape index (κ2) is 8.65. The summed E-state index contributed by atoms with van der Waals surface area (Å²) in [6.45, 7) is 7.47. The van der Waals surface area contributed by atoms with E-state index in [0.717, 1.165) is 15.5 Å². The predicted octanol–water partition coefficient (Wildman–Crippen LogP) is 5.16. The number of carbonyl (C=O) groups is 1. The van der Waals surface area contributed by atoms with Crippen LogP contribution in [0.2, 0.25) is 5.02 Å². The lowest BCUT2D eigenvalue weighted by molar-refractivity contribution is -0.130. The van der Waals surface area contributed by atoms with Crippen LogP contribution in [0, 0.1) is 0 Å². The quantitative estimate of drug-likeness (QED) is 0.509. The Balaban J connectivity index is 2.48. The van der Waals surface area contributed by atoms with Crippen molar-refractivity contribution in [3.8, 4) is 11.5 Å². The van der Waals surface area contributed by atoms with Crippen LogP contribution in [-0.2, 0) is 4.79 Å². The molecule has 0 radical (unpaired) electrons. The molecule has 2 aromatic rings. The summed E-state index contributed by atoms with van der Waals surface area (Å²) in [5.74, 6) is 0.0802. The van der Waals surface area contributed by atoms with Gasteiger partial charge in [0.1, 0.15) is 18.1 Å². The Morgan fingerprint density at radius 1 is 1.28 bits per heavy atom. The zero-order valence-electron chi connectivity index (χ0n) is 13.6. The van der Waals surface area contributed by atoms with Crippen molar-refractivity contribution in [3.05, 3.63) is 66.2 Å². The summed E-state index contributed by atoms with van der Waals surface area (Å²) in [6.07, 6.45) is 1.61. The molecule has 0 spiro atoms. The van der Waals surface area contributed by atoms with Gasteiger partial charge in [0.2, 0.25) is 0 Å². The molecule has 0 unspecified atom stereocenters. The molecule has 0 atom stereocenters. The maximum absolute atomic E-state index is 11.2. The monoisotopic (exact) mass is 376 g/mol. The molecule has 0 aliphatic heterocycles. The third-order valence-corrected chi connectivity index (χ3v) is 4.67. The van der Waals surface area contributed by atoms with Gasteiger partial charge in [0.05, 0.1) is 27.5 Å². The van der Waals surface area contributed by atoms with Gasteiger partial charge in [-0.05, 0) is 24.3 Å². The van der Waals surface area contributed by atoms with Gasteiger partial charge in [-0.2, -0.15) is 0 Å². The summed E-state index contributed by atoms with van der Waals surface area (Å²) < 4.78 is 11.0. The summed E-state index contributed by atoms with van der Waals surface area (Å²) in [6, 6.07) is 10.8. The third-order valence-electron chi connectivity index (χ3n) is 3.26. The Labute approximate surface area is 155 Å². The minimum atomic E-state index is -1.14. The van der Waals surface area contributed by atoms with Crippen LogP contribution >= 0.6 is 23.4 Å². The van der Waals surface area contributed by atoms with Crippen LogP contribution in [0.4, 0.5) is 0 Å². The van der Waals surface area contributed by atoms with Crippen LogP contribution in [0.3, 0.4) is 0 Å². The summed E-state index contributed by atoms with van der Waals surface area (Å²) in [4.78, 5) is 12.8. The highest BCUT2D eigenvalue weighted by molar-refractivity contribution is 7.99. The molecule has 0 fully saturated rings. The first-order valence-corrected chi connectivity index (χ1v) is 8.48. The van der Waals surface area contributed by atoms with Crippen molar-refractivity contribution in [2.75, 3.05) is 13.7 Å². The number of carboxylic acid groups (broad SMARTS) is 1. The Bertz CT molecular complexity index is 817. The van der Waals surface area contributed by atoms with Crippen LogP contribution < -0.4 is 9.47 Å². The van der Waals surface area contributed by atoms with Crippen molar-refractivity contribution in [1.29, 1.82) is 0 Å². The Morgan fingerprint density at radius 2 is 2.00 bits per heavy atom. The van der Waals surface area contributed by atoms with E-state index in [0.29, 0.717) is 11.3 Å². The van der Waals surface area contributed by atoms with Gasteiger partial charge in [0.25, 0.3) is 0 Å². The number of halogens is 1. The number of para-hydroxylation sites is 1. The van der Waals surface area contributed by atoms with E-state index in [1.54, 1.807) is 25.3 Å². The fourth-order valence-corrected chi connectivity index (χ4v) is 3.42. The third kappa shape index (κ3) is 4.59. The average molecular weight is 377 g/mol. The van der Waals surface area contributed by atoms with E-state index in [1.165, 1.54) is 11.8 Å². The van der Waals surface area contributed by atoms with Crippen molar-refractivity contribution in [3.63, 3.8) is 0 Å². The molecule has 0 bridgehead atoms. The standard InChI is InChI=1S/C19H17ClO4S/c1-4-9-24-16-10-13(12(2)19(21)22)14(20)11-18(16)25-17-8-6-5-7-15(17)23-3/h4-8,10-11H,1-2,9H2,3H3,(H,21,22). The summed E-state index contributed by atoms with van der Waals surface area (Å²) in [7, 11) is 1.60. The SMILES string of the molecule is C=CCOc1cc(C(=C)C(=O)O)c(Cl)cc1Sc1ccccc1OC. The predicted molar refractivity (Wildman–Crippen MR) is 101 cm³/mol. The fourth-order valence-electron chi connectivity index (χ4n) is 2.04. The second-order valence-electron chi connectivity index (χ2n) is 4.92. The molecule has 0 heterocycles. The minimum absolute atomic E-state index is 0.0951. The van der Waals surface area contributed by atoms with E-state index in [4.69, 9.17) is 26.2 Å². The van der Waals surface area contributed by atoms with Crippen molar-refractivity contribution in [1.82, 2.24) is 0 Å². The summed E-state index contributed by atoms with van der Waals surface area (Å²) >= 11 is 7.68. The van der Waals surface area contributed by atoms with Gasteiger partial charge in [-0.3, -0.25) is 0 Å². The number of hydrogen-bond acceptors (Lipinski definition) is 4. The molecule has 2 rings (SSSR count). The van der Waals surface area contributed by atoms with Crippen LogP contribution in [0.15, 0.2) is 65.4 Å². The van der Waals surface area contributed by atoms with Gasteiger partial charge in [0, 0.05) is 5.56 Å². The van der Waals surface area contributed by atoms with Gasteiger partial charge in [-0.25, -0.2) is 4.79 Å². The zero-order chi connectivity index (χ0) is 18.4. The van der Waals surface area contributed by atoms with Crippen molar-refractivity contribution in [2.24, 2.45) is 0 Å². The Hall–Kier alpha value is -2.37. The molecule has 130 valence electrons. The molecule has 1 N–H and O–H groups in total. The van der Waals surface area contributed by atoms with Crippen LogP contribution in [0.25, 0.3) is 5.57 Å². The largest absolute Gasteiger partial charge is 0.496 e. The van der Waals surface area contributed by atoms with E-state index in [-0.39, 0.29) is 17.2 Å². The molecule has 0 aliphatic carbocycles. The lowest BCUT2D eigenvalue weighted by atomic mass is 10.1.